The van der Waals surface area contributed by atoms with Gasteiger partial charge in [-0.1, -0.05) is 17.7 Å². The van der Waals surface area contributed by atoms with E-state index < -0.39 is 30.4 Å². The molecule has 13 nitrogen and oxygen atoms in total. The number of allylic oxidation sites excluding steroid dienone is 1. The van der Waals surface area contributed by atoms with Gasteiger partial charge in [0.25, 0.3) is 0 Å². The predicted molar refractivity (Wildman–Crippen MR) is 167 cm³/mol. The maximum atomic E-state index is 12.5. The lowest BCUT2D eigenvalue weighted by Crippen LogP contribution is -2.11. The molecule has 0 N–H and O–H groups in total. The third-order valence-corrected chi connectivity index (χ3v) is 7.18. The largest absolute Gasteiger partial charge is 0.496 e. The van der Waals surface area contributed by atoms with Gasteiger partial charge in [-0.25, -0.2) is 0 Å². The smallest absolute Gasteiger partial charge is 0.306 e. The second-order valence-corrected chi connectivity index (χ2v) is 14.6. The van der Waals surface area contributed by atoms with Crippen molar-refractivity contribution in [2.45, 2.75) is 13.8 Å². The molecule has 3 aromatic rings. The first kappa shape index (κ1) is 35.2. The van der Waals surface area contributed by atoms with E-state index in [2.05, 4.69) is 0 Å². The molecule has 0 fully saturated rings. The molecule has 0 aliphatic heterocycles. The summed E-state index contributed by atoms with van der Waals surface area (Å²) < 4.78 is 105. The number of hydrogen-bond acceptors (Lipinski definition) is 13. The Morgan fingerprint density at radius 2 is 1.29 bits per heavy atom. The fourth-order valence-electron chi connectivity index (χ4n) is 4.09. The minimum atomic E-state index is -4.22. The fraction of sp³-hybridized carbons (Fsp3) is 0.276. The predicted octanol–water partition coefficient (Wildman–Crippen LogP) is 4.21. The van der Waals surface area contributed by atoms with Gasteiger partial charge in [-0.05, 0) is 61.4 Å². The average molecular weight is 685 g/mol. The van der Waals surface area contributed by atoms with E-state index in [-0.39, 0.29) is 63.4 Å². The highest BCUT2D eigenvalue weighted by Crippen LogP contribution is 2.52. The van der Waals surface area contributed by atoms with Crippen LogP contribution in [0.15, 0.2) is 54.1 Å². The summed E-state index contributed by atoms with van der Waals surface area (Å²) in [7, 11) is -9.58. The number of benzene rings is 3. The Bertz CT molecular complexity index is 1940. The van der Waals surface area contributed by atoms with Gasteiger partial charge in [0, 0.05) is 5.56 Å². The van der Waals surface area contributed by atoms with Crippen LogP contribution in [0.2, 0.25) is 0 Å². The summed E-state index contributed by atoms with van der Waals surface area (Å²) in [4.78, 5) is 12.2. The second kappa shape index (κ2) is 13.8. The van der Waals surface area contributed by atoms with Gasteiger partial charge in [0.1, 0.15) is 18.1 Å². The lowest BCUT2D eigenvalue weighted by Gasteiger charge is -2.22. The van der Waals surface area contributed by atoms with Crippen LogP contribution in [0.5, 0.6) is 34.5 Å². The molecule has 16 heteroatoms. The lowest BCUT2D eigenvalue weighted by molar-refractivity contribution is 0.111. The SMILES string of the molecule is COc1cc(-c2ccc(OS(C)(=O)=O)cc2)c(OC)c(OS(C)(=O)=O)c1-c1cc(C=O)c(OCC=C(C)C)c(OS(C)(=O)=O)c1. The zero-order valence-electron chi connectivity index (χ0n) is 25.4. The van der Waals surface area contributed by atoms with Crippen LogP contribution in [0.3, 0.4) is 0 Å². The number of ether oxygens (including phenoxy) is 3. The van der Waals surface area contributed by atoms with Crippen molar-refractivity contribution in [2.75, 3.05) is 39.6 Å². The first-order chi connectivity index (χ1) is 20.9. The quantitative estimate of drug-likeness (QED) is 0.134. The Hall–Kier alpha value is -4.28. The molecule has 0 bridgehead atoms. The monoisotopic (exact) mass is 684 g/mol. The van der Waals surface area contributed by atoms with Crippen molar-refractivity contribution < 1.29 is 56.8 Å². The Labute approximate surface area is 262 Å². The standard InChI is InChI=1S/C29H32O13S3/c1-18(2)12-13-39-27-21(17-30)14-20(15-25(27)41-44(6,33)34)26-24(37-3)16-23(28(38-4)29(26)42-45(7,35)36)19-8-10-22(11-9-19)40-43(5,31)32/h8-12,14-17H,13H2,1-7H3. The molecule has 45 heavy (non-hydrogen) atoms. The molecule has 0 aliphatic rings. The van der Waals surface area contributed by atoms with Crippen LogP contribution in [0.1, 0.15) is 24.2 Å². The Kier molecular flexibility index (Phi) is 10.8. The number of carbonyl (C=O) groups is 1. The highest BCUT2D eigenvalue weighted by molar-refractivity contribution is 7.86. The summed E-state index contributed by atoms with van der Waals surface area (Å²) in [6.45, 7) is 3.64. The van der Waals surface area contributed by atoms with Crippen LogP contribution in [0, 0.1) is 0 Å². The van der Waals surface area contributed by atoms with Gasteiger partial charge in [-0.15, -0.1) is 0 Å². The maximum Gasteiger partial charge on any atom is 0.306 e. The first-order valence-corrected chi connectivity index (χ1v) is 18.3. The topological polar surface area (TPSA) is 175 Å². The van der Waals surface area contributed by atoms with Crippen LogP contribution in [0.25, 0.3) is 22.3 Å². The Morgan fingerprint density at radius 3 is 1.78 bits per heavy atom. The molecule has 0 atom stereocenters. The van der Waals surface area contributed by atoms with Crippen LogP contribution in [-0.4, -0.2) is 71.1 Å². The fourth-order valence-corrected chi connectivity index (χ4v) is 5.46. The molecule has 3 rings (SSSR count). The van der Waals surface area contributed by atoms with E-state index in [9.17, 15) is 30.0 Å². The summed E-state index contributed by atoms with van der Waals surface area (Å²) in [6.07, 6.45) is 4.64. The van der Waals surface area contributed by atoms with E-state index in [1.807, 2.05) is 13.8 Å². The number of rotatable bonds is 14. The van der Waals surface area contributed by atoms with Gasteiger partial charge in [0.05, 0.1) is 44.1 Å². The first-order valence-electron chi connectivity index (χ1n) is 12.8. The molecule has 3 aromatic carbocycles. The Balaban J connectivity index is 2.40. The van der Waals surface area contributed by atoms with Gasteiger partial charge in [-0.3, -0.25) is 4.79 Å². The zero-order chi connectivity index (χ0) is 33.7. The molecular weight excluding hydrogens is 653 g/mol. The third kappa shape index (κ3) is 9.60. The van der Waals surface area contributed by atoms with E-state index in [1.165, 1.54) is 56.7 Å². The van der Waals surface area contributed by atoms with Crippen molar-refractivity contribution in [3.63, 3.8) is 0 Å². The second-order valence-electron chi connectivity index (χ2n) is 9.85. The number of hydrogen-bond donors (Lipinski definition) is 0. The third-order valence-electron chi connectivity index (χ3n) is 5.73. The van der Waals surface area contributed by atoms with E-state index in [0.29, 0.717) is 11.8 Å². The molecule has 0 aliphatic carbocycles. The van der Waals surface area contributed by atoms with Crippen LogP contribution < -0.4 is 26.8 Å². The minimum Gasteiger partial charge on any atom is -0.496 e. The minimum absolute atomic E-state index is 0.00899. The van der Waals surface area contributed by atoms with Crippen molar-refractivity contribution in [1.29, 1.82) is 0 Å². The molecule has 0 saturated heterocycles. The summed E-state index contributed by atoms with van der Waals surface area (Å²) in [5.41, 5.74) is 1.51. The normalized spacial score (nSPS) is 11.7. The highest BCUT2D eigenvalue weighted by Gasteiger charge is 2.28. The average Bonchev–Trinajstić information content (AvgIpc) is 2.90. The number of aldehydes is 1. The van der Waals surface area contributed by atoms with Crippen molar-refractivity contribution in [3.8, 4) is 56.8 Å². The van der Waals surface area contributed by atoms with Gasteiger partial charge in [0.15, 0.2) is 29.3 Å². The van der Waals surface area contributed by atoms with Crippen LogP contribution in [0.4, 0.5) is 0 Å². The van der Waals surface area contributed by atoms with E-state index in [0.717, 1.165) is 24.3 Å². The molecule has 0 unspecified atom stereocenters. The van der Waals surface area contributed by atoms with Gasteiger partial charge in [-0.2, -0.15) is 25.3 Å². The van der Waals surface area contributed by atoms with E-state index >= 15 is 0 Å². The molecule has 0 saturated carbocycles. The molecular formula is C29H32O13S3. The maximum absolute atomic E-state index is 12.5. The molecule has 0 radical (unpaired) electrons. The van der Waals surface area contributed by atoms with Crippen LogP contribution in [-0.2, 0) is 30.4 Å². The summed E-state index contributed by atoms with van der Waals surface area (Å²) in [5, 5.41) is 0. The van der Waals surface area contributed by atoms with Crippen molar-refractivity contribution >= 4 is 36.6 Å². The van der Waals surface area contributed by atoms with Crippen molar-refractivity contribution in [2.24, 2.45) is 0 Å². The number of methoxy groups -OCH3 is 2. The molecule has 244 valence electrons. The molecule has 0 heterocycles. The lowest BCUT2D eigenvalue weighted by atomic mass is 9.95. The van der Waals surface area contributed by atoms with Gasteiger partial charge in [0.2, 0.25) is 0 Å². The summed E-state index contributed by atoms with van der Waals surface area (Å²) in [5.74, 6) is -0.900. The van der Waals surface area contributed by atoms with E-state index in [1.54, 1.807) is 6.08 Å². The van der Waals surface area contributed by atoms with E-state index in [4.69, 9.17) is 26.8 Å². The van der Waals surface area contributed by atoms with Crippen LogP contribution >= 0.6 is 0 Å². The Morgan fingerprint density at radius 1 is 0.689 bits per heavy atom. The van der Waals surface area contributed by atoms with Crippen molar-refractivity contribution in [1.82, 2.24) is 0 Å². The van der Waals surface area contributed by atoms with Crippen molar-refractivity contribution in [3.05, 3.63) is 59.7 Å². The zero-order valence-corrected chi connectivity index (χ0v) is 27.9. The summed E-state index contributed by atoms with van der Waals surface area (Å²) in [6, 6.07) is 9.82. The molecule has 0 amide bonds. The molecule has 0 aromatic heterocycles. The van der Waals surface area contributed by atoms with Gasteiger partial charge >= 0.3 is 30.4 Å². The summed E-state index contributed by atoms with van der Waals surface area (Å²) >= 11 is 0. The van der Waals surface area contributed by atoms with Gasteiger partial charge < -0.3 is 26.8 Å². The number of carbonyl (C=O) groups excluding carboxylic acids is 1. The molecule has 0 spiro atoms. The highest BCUT2D eigenvalue weighted by atomic mass is 32.2.